The number of hydrazine groups is 1. The maximum atomic E-state index is 11.9. The average molecular weight is 453 g/mol. The van der Waals surface area contributed by atoms with Crippen LogP contribution in [0.25, 0.3) is 11.5 Å². The standard InChI is InChI=1S/C18H14Cl2N4O4S/c1-27-14-7-6-12(20)8-13(14)17-23-24-18(28-17)29-9-15(25)21-22-16(26)10-2-4-11(19)5-3-10/h2-8H,9H2,1H3,(H,21,25)(H,22,26). The van der Waals surface area contributed by atoms with E-state index in [1.165, 1.54) is 7.11 Å². The van der Waals surface area contributed by atoms with Gasteiger partial charge in [-0.15, -0.1) is 10.2 Å². The molecule has 0 spiro atoms. The van der Waals surface area contributed by atoms with Crippen molar-refractivity contribution in [3.05, 3.63) is 58.1 Å². The number of benzene rings is 2. The number of aromatic nitrogens is 2. The van der Waals surface area contributed by atoms with Crippen LogP contribution in [0.3, 0.4) is 0 Å². The Kier molecular flexibility index (Phi) is 6.97. The number of hydrogen-bond acceptors (Lipinski definition) is 7. The molecule has 2 amide bonds. The number of nitrogens with zero attached hydrogens (tertiary/aromatic N) is 2. The van der Waals surface area contributed by atoms with Gasteiger partial charge in [-0.3, -0.25) is 20.4 Å². The van der Waals surface area contributed by atoms with Crippen molar-refractivity contribution < 1.29 is 18.7 Å². The summed E-state index contributed by atoms with van der Waals surface area (Å²) < 4.78 is 10.8. The van der Waals surface area contributed by atoms with E-state index in [-0.39, 0.29) is 16.9 Å². The second-order valence-electron chi connectivity index (χ2n) is 5.52. The lowest BCUT2D eigenvalue weighted by Crippen LogP contribution is -2.42. The SMILES string of the molecule is COc1ccc(Cl)cc1-c1nnc(SCC(=O)NNC(=O)c2ccc(Cl)cc2)o1. The van der Waals surface area contributed by atoms with Crippen molar-refractivity contribution in [1.82, 2.24) is 21.0 Å². The van der Waals surface area contributed by atoms with Gasteiger partial charge in [0.15, 0.2) is 0 Å². The van der Waals surface area contributed by atoms with Crippen molar-refractivity contribution in [2.75, 3.05) is 12.9 Å². The monoisotopic (exact) mass is 452 g/mol. The molecule has 0 bridgehead atoms. The van der Waals surface area contributed by atoms with Crippen LogP contribution in [0.5, 0.6) is 5.75 Å². The molecular formula is C18H14Cl2N4O4S. The Bertz CT molecular complexity index is 1030. The Hall–Kier alpha value is -2.75. The van der Waals surface area contributed by atoms with Crippen LogP contribution in [-0.2, 0) is 4.79 Å². The molecule has 0 radical (unpaired) electrons. The molecule has 150 valence electrons. The van der Waals surface area contributed by atoms with Gasteiger partial charge in [0.2, 0.25) is 5.91 Å². The normalized spacial score (nSPS) is 10.4. The zero-order chi connectivity index (χ0) is 20.8. The quantitative estimate of drug-likeness (QED) is 0.434. The molecule has 1 heterocycles. The summed E-state index contributed by atoms with van der Waals surface area (Å²) in [6, 6.07) is 11.3. The first-order valence-electron chi connectivity index (χ1n) is 8.11. The number of nitrogens with one attached hydrogen (secondary N) is 2. The van der Waals surface area contributed by atoms with Gasteiger partial charge >= 0.3 is 0 Å². The highest BCUT2D eigenvalue weighted by atomic mass is 35.5. The van der Waals surface area contributed by atoms with E-state index in [1.807, 2.05) is 0 Å². The molecule has 2 N–H and O–H groups in total. The lowest BCUT2D eigenvalue weighted by Gasteiger charge is -2.06. The van der Waals surface area contributed by atoms with Crippen LogP contribution in [0, 0.1) is 0 Å². The van der Waals surface area contributed by atoms with Gasteiger partial charge in [0.05, 0.1) is 18.4 Å². The topological polar surface area (TPSA) is 106 Å². The lowest BCUT2D eigenvalue weighted by molar-refractivity contribution is -0.119. The Morgan fingerprint density at radius 1 is 1.07 bits per heavy atom. The minimum atomic E-state index is -0.465. The molecule has 0 fully saturated rings. The molecule has 29 heavy (non-hydrogen) atoms. The zero-order valence-electron chi connectivity index (χ0n) is 14.9. The number of halogens is 2. The van der Waals surface area contributed by atoms with Crippen molar-refractivity contribution in [1.29, 1.82) is 0 Å². The van der Waals surface area contributed by atoms with Crippen molar-refractivity contribution in [2.24, 2.45) is 0 Å². The molecule has 0 aliphatic rings. The summed E-state index contributed by atoms with van der Waals surface area (Å²) in [5.41, 5.74) is 5.53. The molecule has 11 heteroatoms. The Balaban J connectivity index is 1.53. The van der Waals surface area contributed by atoms with Gasteiger partial charge in [-0.05, 0) is 42.5 Å². The van der Waals surface area contributed by atoms with Gasteiger partial charge < -0.3 is 9.15 Å². The molecule has 0 aliphatic heterocycles. The Morgan fingerprint density at radius 2 is 1.79 bits per heavy atom. The van der Waals surface area contributed by atoms with Gasteiger partial charge in [0.1, 0.15) is 5.75 Å². The largest absolute Gasteiger partial charge is 0.496 e. The number of ether oxygens (including phenoxy) is 1. The van der Waals surface area contributed by atoms with Crippen LogP contribution < -0.4 is 15.6 Å². The molecule has 3 rings (SSSR count). The van der Waals surface area contributed by atoms with Crippen LogP contribution in [-0.4, -0.2) is 34.9 Å². The fourth-order valence-electron chi connectivity index (χ4n) is 2.19. The summed E-state index contributed by atoms with van der Waals surface area (Å²) in [4.78, 5) is 23.9. The summed E-state index contributed by atoms with van der Waals surface area (Å²) in [5, 5.41) is 9.02. The van der Waals surface area contributed by atoms with Crippen molar-refractivity contribution in [3.63, 3.8) is 0 Å². The molecule has 0 saturated heterocycles. The number of thioether (sulfide) groups is 1. The average Bonchev–Trinajstić information content (AvgIpc) is 3.20. The third-order valence-corrected chi connectivity index (χ3v) is 4.85. The summed E-state index contributed by atoms with van der Waals surface area (Å²) >= 11 is 12.8. The molecule has 0 atom stereocenters. The first kappa shape index (κ1) is 21.0. The molecule has 0 unspecified atom stereocenters. The van der Waals surface area contributed by atoms with Crippen LogP contribution >= 0.6 is 35.0 Å². The maximum Gasteiger partial charge on any atom is 0.277 e. The van der Waals surface area contributed by atoms with E-state index in [9.17, 15) is 9.59 Å². The molecule has 0 aliphatic carbocycles. The van der Waals surface area contributed by atoms with E-state index >= 15 is 0 Å². The highest BCUT2D eigenvalue weighted by Gasteiger charge is 2.16. The lowest BCUT2D eigenvalue weighted by atomic mass is 10.2. The third kappa shape index (κ3) is 5.63. The summed E-state index contributed by atoms with van der Waals surface area (Å²) in [6.45, 7) is 0. The number of carbonyl (C=O) groups excluding carboxylic acids is 2. The minimum Gasteiger partial charge on any atom is -0.496 e. The fourth-order valence-corrected chi connectivity index (χ4v) is 3.05. The van der Waals surface area contributed by atoms with Crippen LogP contribution in [0.4, 0.5) is 0 Å². The Labute approximate surface area is 179 Å². The second kappa shape index (κ2) is 9.64. The van der Waals surface area contributed by atoms with Gasteiger partial charge in [-0.1, -0.05) is 35.0 Å². The van der Waals surface area contributed by atoms with Gasteiger partial charge in [0.25, 0.3) is 17.0 Å². The van der Waals surface area contributed by atoms with Crippen molar-refractivity contribution >= 4 is 46.8 Å². The second-order valence-corrected chi connectivity index (χ2v) is 7.32. The summed E-state index contributed by atoms with van der Waals surface area (Å²) in [6.07, 6.45) is 0. The number of hydrogen-bond donors (Lipinski definition) is 2. The highest BCUT2D eigenvalue weighted by molar-refractivity contribution is 7.99. The number of methoxy groups -OCH3 is 1. The number of carbonyl (C=O) groups is 2. The van der Waals surface area contributed by atoms with E-state index in [0.717, 1.165) is 11.8 Å². The zero-order valence-corrected chi connectivity index (χ0v) is 17.3. The molecule has 8 nitrogen and oxygen atoms in total. The van der Waals surface area contributed by atoms with Crippen molar-refractivity contribution in [2.45, 2.75) is 5.22 Å². The number of rotatable bonds is 6. The van der Waals surface area contributed by atoms with Crippen LogP contribution in [0.1, 0.15) is 10.4 Å². The van der Waals surface area contributed by atoms with E-state index in [1.54, 1.807) is 42.5 Å². The maximum absolute atomic E-state index is 11.9. The molecule has 1 aromatic heterocycles. The van der Waals surface area contributed by atoms with Crippen LogP contribution in [0.15, 0.2) is 52.1 Å². The van der Waals surface area contributed by atoms with E-state index in [2.05, 4.69) is 21.0 Å². The molecule has 0 saturated carbocycles. The first-order chi connectivity index (χ1) is 14.0. The molecular weight excluding hydrogens is 439 g/mol. The van der Waals surface area contributed by atoms with Gasteiger partial charge in [-0.25, -0.2) is 0 Å². The highest BCUT2D eigenvalue weighted by Crippen LogP contribution is 2.32. The van der Waals surface area contributed by atoms with E-state index < -0.39 is 11.8 Å². The minimum absolute atomic E-state index is 0.0464. The van der Waals surface area contributed by atoms with E-state index in [0.29, 0.717) is 26.9 Å². The van der Waals surface area contributed by atoms with E-state index in [4.69, 9.17) is 32.4 Å². The fraction of sp³-hybridized carbons (Fsp3) is 0.111. The predicted octanol–water partition coefficient (Wildman–Crippen LogP) is 3.61. The first-order valence-corrected chi connectivity index (χ1v) is 9.85. The van der Waals surface area contributed by atoms with Gasteiger partial charge in [-0.2, -0.15) is 0 Å². The van der Waals surface area contributed by atoms with Crippen LogP contribution in [0.2, 0.25) is 10.0 Å². The van der Waals surface area contributed by atoms with Gasteiger partial charge in [0, 0.05) is 15.6 Å². The smallest absolute Gasteiger partial charge is 0.277 e. The molecule has 3 aromatic rings. The Morgan fingerprint density at radius 3 is 2.52 bits per heavy atom. The van der Waals surface area contributed by atoms with Crippen molar-refractivity contribution in [3.8, 4) is 17.2 Å². The number of amides is 2. The third-order valence-electron chi connectivity index (χ3n) is 3.55. The molecule has 2 aromatic carbocycles. The summed E-state index contributed by atoms with van der Waals surface area (Å²) in [5.74, 6) is -0.221. The predicted molar refractivity (Wildman–Crippen MR) is 109 cm³/mol. The summed E-state index contributed by atoms with van der Waals surface area (Å²) in [7, 11) is 1.52.